The second-order valence-corrected chi connectivity index (χ2v) is 10.0. The van der Waals surface area contributed by atoms with Crippen LogP contribution in [-0.2, 0) is 15.3 Å². The van der Waals surface area contributed by atoms with E-state index in [1.54, 1.807) is 54.3 Å². The molecule has 4 rings (SSSR count). The number of nitrogens with one attached hydrogen (secondary N) is 1. The Hall–Kier alpha value is -3.89. The number of hydrogen-bond donors (Lipinski definition) is 2. The van der Waals surface area contributed by atoms with Gasteiger partial charge in [0.2, 0.25) is 0 Å². The minimum Gasteiger partial charge on any atom is -0.466 e. The summed E-state index contributed by atoms with van der Waals surface area (Å²) in [6, 6.07) is 22.0. The monoisotopic (exact) mass is 534 g/mol. The zero-order valence-electron chi connectivity index (χ0n) is 20.2. The van der Waals surface area contributed by atoms with Crippen molar-refractivity contribution in [3.63, 3.8) is 0 Å². The second kappa shape index (κ2) is 12.4. The largest absolute Gasteiger partial charge is 0.466 e. The number of carbonyl (C=O) groups is 2. The van der Waals surface area contributed by atoms with Gasteiger partial charge in [0, 0.05) is 28.8 Å². The number of amidine groups is 1. The third-order valence-electron chi connectivity index (χ3n) is 5.27. The molecule has 0 fully saturated rings. The molecule has 0 saturated carbocycles. The SMILES string of the molecule is CCOC(=O)CCN(C(=O)Oc1ccc2sc(CSc3ccc(C(=N)N)cc3)nc2c1)c1ccccc1. The summed E-state index contributed by atoms with van der Waals surface area (Å²) in [6.07, 6.45) is -0.531. The summed E-state index contributed by atoms with van der Waals surface area (Å²) in [4.78, 5) is 32.1. The highest BCUT2D eigenvalue weighted by molar-refractivity contribution is 7.98. The number of hydrogen-bond acceptors (Lipinski definition) is 8. The van der Waals surface area contributed by atoms with Crippen molar-refractivity contribution in [3.05, 3.63) is 83.4 Å². The summed E-state index contributed by atoms with van der Waals surface area (Å²) >= 11 is 3.23. The van der Waals surface area contributed by atoms with Crippen LogP contribution in [0.25, 0.3) is 10.2 Å². The Morgan fingerprint density at radius 3 is 2.54 bits per heavy atom. The first kappa shape index (κ1) is 26.2. The summed E-state index contributed by atoms with van der Waals surface area (Å²) in [6.45, 7) is 2.16. The van der Waals surface area contributed by atoms with Gasteiger partial charge in [-0.2, -0.15) is 0 Å². The molecule has 4 aromatic rings. The number of para-hydroxylation sites is 1. The Balaban J connectivity index is 1.43. The zero-order chi connectivity index (χ0) is 26.2. The first-order valence-corrected chi connectivity index (χ1v) is 13.4. The summed E-state index contributed by atoms with van der Waals surface area (Å²) in [5.41, 5.74) is 7.58. The molecule has 190 valence electrons. The molecule has 8 nitrogen and oxygen atoms in total. The van der Waals surface area contributed by atoms with Gasteiger partial charge in [-0.3, -0.25) is 15.1 Å². The normalized spacial score (nSPS) is 10.7. The highest BCUT2D eigenvalue weighted by Gasteiger charge is 2.20. The maximum atomic E-state index is 13.1. The van der Waals surface area contributed by atoms with Crippen LogP contribution >= 0.6 is 23.1 Å². The molecule has 0 aliphatic heterocycles. The van der Waals surface area contributed by atoms with Gasteiger partial charge < -0.3 is 15.2 Å². The van der Waals surface area contributed by atoms with Crippen LogP contribution in [0.2, 0.25) is 0 Å². The number of rotatable bonds is 10. The smallest absolute Gasteiger partial charge is 0.419 e. The number of fused-ring (bicyclic) bond motifs is 1. The highest BCUT2D eigenvalue weighted by Crippen LogP contribution is 2.31. The minimum absolute atomic E-state index is 0.0464. The van der Waals surface area contributed by atoms with Gasteiger partial charge in [0.25, 0.3) is 0 Å². The van der Waals surface area contributed by atoms with E-state index in [-0.39, 0.29) is 31.4 Å². The van der Waals surface area contributed by atoms with E-state index in [4.69, 9.17) is 25.6 Å². The van der Waals surface area contributed by atoms with Gasteiger partial charge in [0.1, 0.15) is 16.6 Å². The first-order chi connectivity index (χ1) is 17.9. The van der Waals surface area contributed by atoms with Gasteiger partial charge in [-0.25, -0.2) is 9.78 Å². The Labute approximate surface area is 222 Å². The van der Waals surface area contributed by atoms with Crippen LogP contribution in [0.5, 0.6) is 5.75 Å². The fourth-order valence-corrected chi connectivity index (χ4v) is 5.32. The number of nitrogens with two attached hydrogens (primary N) is 1. The van der Waals surface area contributed by atoms with Gasteiger partial charge in [-0.05, 0) is 43.3 Å². The molecule has 0 bridgehead atoms. The third kappa shape index (κ3) is 7.08. The molecule has 1 heterocycles. The number of nitrogen functional groups attached to an aromatic ring is 1. The number of anilines is 1. The van der Waals surface area contributed by atoms with Crippen molar-refractivity contribution in [2.24, 2.45) is 5.73 Å². The number of thiazole rings is 1. The summed E-state index contributed by atoms with van der Waals surface area (Å²) in [5, 5.41) is 8.44. The number of amides is 1. The van der Waals surface area contributed by atoms with Gasteiger partial charge in [-0.15, -0.1) is 23.1 Å². The Kier molecular flexibility index (Phi) is 8.76. The average molecular weight is 535 g/mol. The van der Waals surface area contributed by atoms with E-state index in [0.29, 0.717) is 22.8 Å². The fourth-order valence-electron chi connectivity index (χ4n) is 3.48. The highest BCUT2D eigenvalue weighted by atomic mass is 32.2. The van der Waals surface area contributed by atoms with Gasteiger partial charge >= 0.3 is 12.1 Å². The summed E-state index contributed by atoms with van der Waals surface area (Å²) in [7, 11) is 0. The lowest BCUT2D eigenvalue weighted by Gasteiger charge is -2.21. The molecule has 0 saturated heterocycles. The quantitative estimate of drug-likeness (QED) is 0.114. The van der Waals surface area contributed by atoms with E-state index in [0.717, 1.165) is 20.1 Å². The molecule has 1 aromatic heterocycles. The minimum atomic E-state index is -0.588. The van der Waals surface area contributed by atoms with Crippen LogP contribution in [0.4, 0.5) is 10.5 Å². The van der Waals surface area contributed by atoms with E-state index in [9.17, 15) is 9.59 Å². The lowest BCUT2D eigenvalue weighted by Crippen LogP contribution is -2.35. The Bertz CT molecular complexity index is 1390. The predicted molar refractivity (Wildman–Crippen MR) is 148 cm³/mol. The van der Waals surface area contributed by atoms with Gasteiger partial charge in [-0.1, -0.05) is 30.3 Å². The van der Waals surface area contributed by atoms with Crippen molar-refractivity contribution in [2.75, 3.05) is 18.1 Å². The predicted octanol–water partition coefficient (Wildman–Crippen LogP) is 5.83. The van der Waals surface area contributed by atoms with Crippen LogP contribution < -0.4 is 15.4 Å². The number of ether oxygens (including phenoxy) is 2. The molecular weight excluding hydrogens is 508 g/mol. The third-order valence-corrected chi connectivity index (χ3v) is 7.51. The Morgan fingerprint density at radius 1 is 1.08 bits per heavy atom. The van der Waals surface area contributed by atoms with Crippen LogP contribution in [0.15, 0.2) is 77.7 Å². The van der Waals surface area contributed by atoms with Gasteiger partial charge in [0.05, 0.1) is 29.0 Å². The maximum Gasteiger partial charge on any atom is 0.419 e. The lowest BCUT2D eigenvalue weighted by molar-refractivity contribution is -0.142. The van der Waals surface area contributed by atoms with Crippen molar-refractivity contribution in [1.29, 1.82) is 5.41 Å². The number of esters is 1. The van der Waals surface area contributed by atoms with E-state index >= 15 is 0 Å². The maximum absolute atomic E-state index is 13.1. The number of aromatic nitrogens is 1. The topological polar surface area (TPSA) is 119 Å². The number of carbonyl (C=O) groups excluding carboxylic acids is 2. The average Bonchev–Trinajstić information content (AvgIpc) is 3.31. The van der Waals surface area contributed by atoms with Crippen molar-refractivity contribution in [2.45, 2.75) is 24.0 Å². The van der Waals surface area contributed by atoms with E-state index in [1.165, 1.54) is 4.90 Å². The molecule has 10 heteroatoms. The standard InChI is InChI=1S/C27H26N4O4S2/c1-2-34-25(32)14-15-31(19-6-4-3-5-7-19)27(33)35-20-10-13-23-22(16-20)30-24(37-23)17-36-21-11-8-18(9-12-21)26(28)29/h3-13,16H,2,14-15,17H2,1H3,(H3,28,29). The molecule has 3 N–H and O–H groups in total. The first-order valence-electron chi connectivity index (χ1n) is 11.6. The van der Waals surface area contributed by atoms with Crippen LogP contribution in [0.3, 0.4) is 0 Å². The molecule has 0 radical (unpaired) electrons. The molecule has 3 aromatic carbocycles. The van der Waals surface area contributed by atoms with Crippen molar-refractivity contribution in [1.82, 2.24) is 4.98 Å². The van der Waals surface area contributed by atoms with Crippen LogP contribution in [0, 0.1) is 5.41 Å². The van der Waals surface area contributed by atoms with Crippen molar-refractivity contribution < 1.29 is 19.1 Å². The molecule has 0 aliphatic rings. The van der Waals surface area contributed by atoms with Crippen LogP contribution in [0.1, 0.15) is 23.9 Å². The fraction of sp³-hybridized carbons (Fsp3) is 0.185. The number of thioether (sulfide) groups is 1. The van der Waals surface area contributed by atoms with E-state index < -0.39 is 6.09 Å². The number of nitrogens with zero attached hydrogens (tertiary/aromatic N) is 2. The number of benzene rings is 3. The second-order valence-electron chi connectivity index (χ2n) is 7.87. The van der Waals surface area contributed by atoms with Gasteiger partial charge in [0.15, 0.2) is 0 Å². The molecule has 0 aliphatic carbocycles. The molecule has 0 atom stereocenters. The van der Waals surface area contributed by atoms with E-state index in [1.807, 2.05) is 48.5 Å². The van der Waals surface area contributed by atoms with Crippen molar-refractivity contribution >= 4 is 56.9 Å². The Morgan fingerprint density at radius 2 is 1.84 bits per heavy atom. The van der Waals surface area contributed by atoms with E-state index in [2.05, 4.69) is 0 Å². The zero-order valence-corrected chi connectivity index (χ0v) is 21.8. The summed E-state index contributed by atoms with van der Waals surface area (Å²) < 4.78 is 11.7. The molecular formula is C27H26N4O4S2. The van der Waals surface area contributed by atoms with Crippen molar-refractivity contribution in [3.8, 4) is 5.75 Å². The van der Waals surface area contributed by atoms with Crippen LogP contribution in [-0.4, -0.2) is 36.0 Å². The lowest BCUT2D eigenvalue weighted by atomic mass is 10.2. The molecule has 37 heavy (non-hydrogen) atoms. The molecule has 0 unspecified atom stereocenters. The molecule has 1 amide bonds. The summed E-state index contributed by atoms with van der Waals surface area (Å²) in [5.74, 6) is 0.730. The molecule has 0 spiro atoms.